The third kappa shape index (κ3) is 4.55. The predicted molar refractivity (Wildman–Crippen MR) is 76.6 cm³/mol. The Morgan fingerprint density at radius 1 is 1.29 bits per heavy atom. The molecule has 0 fully saturated rings. The van der Waals surface area contributed by atoms with E-state index in [1.54, 1.807) is 6.20 Å². The number of hydrogen-bond donors (Lipinski definition) is 3. The average molecular weight is 293 g/mol. The fourth-order valence-corrected chi connectivity index (χ4v) is 1.73. The van der Waals surface area contributed by atoms with Gasteiger partial charge in [-0.25, -0.2) is 13.8 Å². The van der Waals surface area contributed by atoms with Crippen molar-refractivity contribution in [2.45, 2.75) is 20.0 Å². The minimum absolute atomic E-state index is 0.0574. The van der Waals surface area contributed by atoms with Gasteiger partial charge in [-0.1, -0.05) is 0 Å². The summed E-state index contributed by atoms with van der Waals surface area (Å²) in [5, 5.41) is 12.8. The number of halogens is 2. The average Bonchev–Trinajstić information content (AvgIpc) is 2.98. The van der Waals surface area contributed by atoms with Crippen molar-refractivity contribution >= 4 is 5.96 Å². The van der Waals surface area contributed by atoms with Crippen LogP contribution in [0.5, 0.6) is 0 Å². The summed E-state index contributed by atoms with van der Waals surface area (Å²) in [4.78, 5) is 4.24. The van der Waals surface area contributed by atoms with Crippen LogP contribution in [0.3, 0.4) is 0 Å². The lowest BCUT2D eigenvalue weighted by atomic mass is 10.2. The second-order valence-electron chi connectivity index (χ2n) is 4.37. The van der Waals surface area contributed by atoms with Gasteiger partial charge in [0.1, 0.15) is 11.6 Å². The van der Waals surface area contributed by atoms with Gasteiger partial charge in [0.2, 0.25) is 0 Å². The quantitative estimate of drug-likeness (QED) is 0.583. The van der Waals surface area contributed by atoms with E-state index in [-0.39, 0.29) is 12.1 Å². The number of aromatic amines is 1. The number of nitrogens with one attached hydrogen (secondary N) is 3. The van der Waals surface area contributed by atoms with Gasteiger partial charge in [-0.3, -0.25) is 5.10 Å². The van der Waals surface area contributed by atoms with Crippen LogP contribution in [0.15, 0.2) is 35.5 Å². The molecule has 2 aromatic rings. The summed E-state index contributed by atoms with van der Waals surface area (Å²) in [7, 11) is 0. The molecule has 1 aromatic heterocycles. The molecule has 0 spiro atoms. The summed E-state index contributed by atoms with van der Waals surface area (Å²) in [6.07, 6.45) is 1.66. The van der Waals surface area contributed by atoms with Gasteiger partial charge in [-0.05, 0) is 31.2 Å². The van der Waals surface area contributed by atoms with Crippen LogP contribution >= 0.6 is 0 Å². The lowest BCUT2D eigenvalue weighted by molar-refractivity contribution is 0.585. The summed E-state index contributed by atoms with van der Waals surface area (Å²) in [5.74, 6) is -0.419. The van der Waals surface area contributed by atoms with E-state index in [2.05, 4.69) is 25.8 Å². The Morgan fingerprint density at radius 2 is 2.14 bits per heavy atom. The molecule has 0 aliphatic carbocycles. The maximum Gasteiger partial charge on any atom is 0.191 e. The summed E-state index contributed by atoms with van der Waals surface area (Å²) in [5.41, 5.74) is 1.12. The van der Waals surface area contributed by atoms with Crippen LogP contribution in [0, 0.1) is 11.6 Å². The van der Waals surface area contributed by atoms with E-state index >= 15 is 0 Å². The lowest BCUT2D eigenvalue weighted by Gasteiger charge is -2.10. The van der Waals surface area contributed by atoms with Gasteiger partial charge >= 0.3 is 0 Å². The van der Waals surface area contributed by atoms with Crippen molar-refractivity contribution in [2.75, 3.05) is 6.54 Å². The van der Waals surface area contributed by atoms with Crippen LogP contribution in [0.25, 0.3) is 0 Å². The molecule has 0 atom stereocenters. The Morgan fingerprint density at radius 3 is 2.86 bits per heavy atom. The van der Waals surface area contributed by atoms with Crippen molar-refractivity contribution in [2.24, 2.45) is 4.99 Å². The van der Waals surface area contributed by atoms with E-state index in [4.69, 9.17) is 0 Å². The molecule has 0 amide bonds. The first-order valence-electron chi connectivity index (χ1n) is 6.63. The molecule has 5 nitrogen and oxygen atoms in total. The number of H-pyrrole nitrogens is 1. The molecule has 7 heteroatoms. The van der Waals surface area contributed by atoms with Crippen molar-refractivity contribution in [1.29, 1.82) is 0 Å². The van der Waals surface area contributed by atoms with Crippen LogP contribution in [-0.4, -0.2) is 22.7 Å². The van der Waals surface area contributed by atoms with E-state index in [1.165, 1.54) is 0 Å². The smallest absolute Gasteiger partial charge is 0.191 e. The van der Waals surface area contributed by atoms with Crippen molar-refractivity contribution in [3.63, 3.8) is 0 Å². The Bertz CT molecular complexity index is 595. The van der Waals surface area contributed by atoms with Gasteiger partial charge in [0, 0.05) is 18.3 Å². The minimum atomic E-state index is -0.475. The number of nitrogens with zero attached hydrogens (tertiary/aromatic N) is 2. The molecule has 0 bridgehead atoms. The number of benzene rings is 1. The summed E-state index contributed by atoms with van der Waals surface area (Å²) >= 11 is 0. The third-order valence-corrected chi connectivity index (χ3v) is 2.76. The molecular formula is C14H17F2N5. The van der Waals surface area contributed by atoms with Crippen molar-refractivity contribution in [3.05, 3.63) is 53.4 Å². The highest BCUT2D eigenvalue weighted by molar-refractivity contribution is 5.79. The maximum absolute atomic E-state index is 13.5. The first kappa shape index (κ1) is 15.0. The first-order valence-corrected chi connectivity index (χ1v) is 6.63. The molecule has 112 valence electrons. The van der Waals surface area contributed by atoms with E-state index in [0.29, 0.717) is 19.0 Å². The van der Waals surface area contributed by atoms with Gasteiger partial charge in [-0.2, -0.15) is 5.10 Å². The van der Waals surface area contributed by atoms with Gasteiger partial charge in [0.15, 0.2) is 5.96 Å². The molecule has 0 saturated heterocycles. The van der Waals surface area contributed by atoms with Crippen LogP contribution in [0.1, 0.15) is 18.2 Å². The van der Waals surface area contributed by atoms with Crippen LogP contribution in [-0.2, 0) is 13.1 Å². The number of aliphatic imine (C=N–C) groups is 1. The molecule has 2 rings (SSSR count). The number of guanidine groups is 1. The van der Waals surface area contributed by atoms with Crippen molar-refractivity contribution in [3.8, 4) is 0 Å². The summed E-state index contributed by atoms with van der Waals surface area (Å²) < 4.78 is 26.6. The zero-order chi connectivity index (χ0) is 15.1. The van der Waals surface area contributed by atoms with Crippen LogP contribution in [0.2, 0.25) is 0 Å². The van der Waals surface area contributed by atoms with E-state index in [9.17, 15) is 8.78 Å². The first-order chi connectivity index (χ1) is 10.2. The Kier molecular flexibility index (Phi) is 5.25. The van der Waals surface area contributed by atoms with Crippen LogP contribution in [0.4, 0.5) is 8.78 Å². The fraction of sp³-hybridized carbons (Fsp3) is 0.286. The highest BCUT2D eigenvalue weighted by atomic mass is 19.1. The van der Waals surface area contributed by atoms with Crippen molar-refractivity contribution in [1.82, 2.24) is 20.8 Å². The zero-order valence-corrected chi connectivity index (χ0v) is 11.7. The Hall–Kier alpha value is -2.44. The topological polar surface area (TPSA) is 65.1 Å². The molecule has 3 N–H and O–H groups in total. The molecule has 0 radical (unpaired) electrons. The van der Waals surface area contributed by atoms with E-state index in [0.717, 1.165) is 23.9 Å². The third-order valence-electron chi connectivity index (χ3n) is 2.76. The second-order valence-corrected chi connectivity index (χ2v) is 4.37. The molecule has 0 aliphatic heterocycles. The van der Waals surface area contributed by atoms with E-state index < -0.39 is 11.6 Å². The number of hydrogen-bond acceptors (Lipinski definition) is 2. The lowest BCUT2D eigenvalue weighted by Crippen LogP contribution is -2.36. The molecule has 21 heavy (non-hydrogen) atoms. The van der Waals surface area contributed by atoms with E-state index in [1.807, 2.05) is 13.0 Å². The largest absolute Gasteiger partial charge is 0.357 e. The standard InChI is InChI=1S/C14H17F2N5/c1-2-17-14(19-9-12-5-6-20-21-12)18-8-10-7-11(15)3-4-13(10)16/h3-7H,2,8-9H2,1H3,(H,20,21)(H2,17,18,19). The molecule has 0 saturated carbocycles. The highest BCUT2D eigenvalue weighted by Crippen LogP contribution is 2.10. The summed E-state index contributed by atoms with van der Waals surface area (Å²) in [6, 6.07) is 5.18. The fourth-order valence-electron chi connectivity index (χ4n) is 1.73. The van der Waals surface area contributed by atoms with Gasteiger partial charge in [0.25, 0.3) is 0 Å². The van der Waals surface area contributed by atoms with Gasteiger partial charge in [-0.15, -0.1) is 0 Å². The monoisotopic (exact) mass is 293 g/mol. The highest BCUT2D eigenvalue weighted by Gasteiger charge is 2.04. The Balaban J connectivity index is 2.01. The second kappa shape index (κ2) is 7.37. The number of rotatable bonds is 5. The van der Waals surface area contributed by atoms with Crippen LogP contribution < -0.4 is 10.6 Å². The van der Waals surface area contributed by atoms with Gasteiger partial charge in [0.05, 0.1) is 18.8 Å². The summed E-state index contributed by atoms with van der Waals surface area (Å²) in [6.45, 7) is 3.16. The molecule has 1 aromatic carbocycles. The predicted octanol–water partition coefficient (Wildman–Crippen LogP) is 1.94. The molecular weight excluding hydrogens is 276 g/mol. The van der Waals surface area contributed by atoms with Gasteiger partial charge < -0.3 is 10.6 Å². The normalized spacial score (nSPS) is 11.5. The molecule has 1 heterocycles. The maximum atomic E-state index is 13.5. The Labute approximate surface area is 121 Å². The minimum Gasteiger partial charge on any atom is -0.357 e. The number of aromatic nitrogens is 2. The van der Waals surface area contributed by atoms with Crippen molar-refractivity contribution < 1.29 is 8.78 Å². The molecule has 0 aliphatic rings. The molecule has 0 unspecified atom stereocenters. The zero-order valence-electron chi connectivity index (χ0n) is 11.7. The SMILES string of the molecule is CCNC(=NCc1cc(F)ccc1F)NCc1ccn[nH]1.